The van der Waals surface area contributed by atoms with E-state index in [-0.39, 0.29) is 17.9 Å². The Morgan fingerprint density at radius 2 is 2.04 bits per heavy atom. The van der Waals surface area contributed by atoms with Crippen molar-refractivity contribution in [2.75, 3.05) is 13.1 Å². The highest BCUT2D eigenvalue weighted by molar-refractivity contribution is 5.99. The van der Waals surface area contributed by atoms with Gasteiger partial charge >= 0.3 is 0 Å². The van der Waals surface area contributed by atoms with Crippen LogP contribution in [0, 0.1) is 0 Å². The first-order valence-electron chi connectivity index (χ1n) is 8.26. The van der Waals surface area contributed by atoms with Gasteiger partial charge in [0.2, 0.25) is 0 Å². The van der Waals surface area contributed by atoms with Crippen LogP contribution in [-0.4, -0.2) is 46.6 Å². The third kappa shape index (κ3) is 4.10. The number of carbonyl (C=O) groups excluding carboxylic acids is 2. The highest BCUT2D eigenvalue weighted by Gasteiger charge is 2.38. The summed E-state index contributed by atoms with van der Waals surface area (Å²) >= 11 is 0. The Balaban J connectivity index is 2.18. The minimum absolute atomic E-state index is 0.125. The molecule has 1 aromatic carbocycles. The standard InChI is InChI=1S/C18H26N2O3/c1-4-10-19-16(21)13-7-5-8-14(12-13)17(22)20-11-6-9-15(20)18(2,3)23/h5,7-8,12,15,23H,4,6,9-11H2,1-3H3,(H,19,21). The van der Waals surface area contributed by atoms with Crippen LogP contribution in [0.25, 0.3) is 0 Å². The lowest BCUT2D eigenvalue weighted by molar-refractivity contribution is 0.000332. The maximum absolute atomic E-state index is 12.8. The number of benzene rings is 1. The molecule has 1 aliphatic rings. The molecule has 126 valence electrons. The lowest BCUT2D eigenvalue weighted by Gasteiger charge is -2.33. The highest BCUT2D eigenvalue weighted by Crippen LogP contribution is 2.28. The quantitative estimate of drug-likeness (QED) is 0.874. The third-order valence-electron chi connectivity index (χ3n) is 4.24. The van der Waals surface area contributed by atoms with Crippen LogP contribution in [0.3, 0.4) is 0 Å². The van der Waals surface area contributed by atoms with E-state index in [0.717, 1.165) is 19.3 Å². The fourth-order valence-corrected chi connectivity index (χ4v) is 3.04. The Bertz CT molecular complexity index is 578. The second-order valence-corrected chi connectivity index (χ2v) is 6.65. The smallest absolute Gasteiger partial charge is 0.254 e. The van der Waals surface area contributed by atoms with Crippen LogP contribution in [0.15, 0.2) is 24.3 Å². The molecule has 1 saturated heterocycles. The number of nitrogens with one attached hydrogen (secondary N) is 1. The molecule has 2 amide bonds. The highest BCUT2D eigenvalue weighted by atomic mass is 16.3. The van der Waals surface area contributed by atoms with E-state index in [9.17, 15) is 14.7 Å². The molecule has 1 unspecified atom stereocenters. The van der Waals surface area contributed by atoms with Gasteiger partial charge in [0.15, 0.2) is 0 Å². The topological polar surface area (TPSA) is 69.6 Å². The molecular formula is C18H26N2O3. The summed E-state index contributed by atoms with van der Waals surface area (Å²) in [5.74, 6) is -0.290. The van der Waals surface area contributed by atoms with Crippen molar-refractivity contribution in [3.05, 3.63) is 35.4 Å². The summed E-state index contributed by atoms with van der Waals surface area (Å²) in [6.07, 6.45) is 2.55. The number of carbonyl (C=O) groups is 2. The van der Waals surface area contributed by atoms with Gasteiger partial charge in [0.25, 0.3) is 11.8 Å². The van der Waals surface area contributed by atoms with Crippen LogP contribution < -0.4 is 5.32 Å². The molecule has 0 saturated carbocycles. The number of hydrogen-bond donors (Lipinski definition) is 2. The first-order chi connectivity index (χ1) is 10.8. The van der Waals surface area contributed by atoms with Gasteiger partial charge in [0, 0.05) is 24.2 Å². The fraction of sp³-hybridized carbons (Fsp3) is 0.556. The summed E-state index contributed by atoms with van der Waals surface area (Å²) in [4.78, 5) is 26.5. The van der Waals surface area contributed by atoms with Crippen molar-refractivity contribution in [3.63, 3.8) is 0 Å². The first-order valence-corrected chi connectivity index (χ1v) is 8.26. The molecular weight excluding hydrogens is 292 g/mol. The average molecular weight is 318 g/mol. The van der Waals surface area contributed by atoms with E-state index in [1.807, 2.05) is 6.92 Å². The molecule has 1 atom stereocenters. The van der Waals surface area contributed by atoms with Gasteiger partial charge in [-0.15, -0.1) is 0 Å². The Labute approximate surface area is 137 Å². The van der Waals surface area contributed by atoms with Crippen LogP contribution >= 0.6 is 0 Å². The zero-order chi connectivity index (χ0) is 17.0. The lowest BCUT2D eigenvalue weighted by Crippen LogP contribution is -2.48. The number of likely N-dealkylation sites (tertiary alicyclic amines) is 1. The van der Waals surface area contributed by atoms with Crippen LogP contribution in [-0.2, 0) is 0 Å². The van der Waals surface area contributed by atoms with Crippen LogP contribution in [0.5, 0.6) is 0 Å². The van der Waals surface area contributed by atoms with Crippen molar-refractivity contribution in [3.8, 4) is 0 Å². The van der Waals surface area contributed by atoms with Gasteiger partial charge in [-0.05, 0) is 51.3 Å². The summed E-state index contributed by atoms with van der Waals surface area (Å²) < 4.78 is 0. The summed E-state index contributed by atoms with van der Waals surface area (Å²) in [7, 11) is 0. The molecule has 0 aromatic heterocycles. The number of amides is 2. The lowest BCUT2D eigenvalue weighted by atomic mass is 9.96. The maximum atomic E-state index is 12.8. The van der Waals surface area contributed by atoms with Crippen molar-refractivity contribution in [1.29, 1.82) is 0 Å². The molecule has 1 aromatic rings. The number of aliphatic hydroxyl groups is 1. The summed E-state index contributed by atoms with van der Waals surface area (Å²) in [6, 6.07) is 6.60. The molecule has 5 heteroatoms. The first kappa shape index (κ1) is 17.5. The fourth-order valence-electron chi connectivity index (χ4n) is 3.04. The van der Waals surface area contributed by atoms with Crippen molar-refractivity contribution < 1.29 is 14.7 Å². The molecule has 1 fully saturated rings. The zero-order valence-electron chi connectivity index (χ0n) is 14.1. The predicted molar refractivity (Wildman–Crippen MR) is 89.4 cm³/mol. The Hall–Kier alpha value is -1.88. The molecule has 1 heterocycles. The van der Waals surface area contributed by atoms with Crippen LogP contribution in [0.1, 0.15) is 60.7 Å². The summed E-state index contributed by atoms with van der Waals surface area (Å²) in [5, 5.41) is 13.1. The van der Waals surface area contributed by atoms with E-state index >= 15 is 0 Å². The number of hydrogen-bond acceptors (Lipinski definition) is 3. The molecule has 2 rings (SSSR count). The van der Waals surface area contributed by atoms with Gasteiger partial charge in [-0.1, -0.05) is 13.0 Å². The normalized spacial score (nSPS) is 18.1. The van der Waals surface area contributed by atoms with Gasteiger partial charge in [-0.3, -0.25) is 9.59 Å². The minimum Gasteiger partial charge on any atom is -0.388 e. The number of rotatable bonds is 5. The molecule has 2 N–H and O–H groups in total. The summed E-state index contributed by atoms with van der Waals surface area (Å²) in [5.41, 5.74) is 0.0519. The molecule has 0 aliphatic carbocycles. The van der Waals surface area contributed by atoms with Crippen molar-refractivity contribution in [2.24, 2.45) is 0 Å². The average Bonchev–Trinajstić information content (AvgIpc) is 3.01. The number of nitrogens with zero attached hydrogens (tertiary/aromatic N) is 1. The van der Waals surface area contributed by atoms with Crippen molar-refractivity contribution in [2.45, 2.75) is 51.7 Å². The van der Waals surface area contributed by atoms with Gasteiger partial charge in [0.05, 0.1) is 11.6 Å². The van der Waals surface area contributed by atoms with Gasteiger partial charge in [-0.2, -0.15) is 0 Å². The predicted octanol–water partition coefficient (Wildman–Crippen LogP) is 2.20. The van der Waals surface area contributed by atoms with Crippen molar-refractivity contribution >= 4 is 11.8 Å². The molecule has 1 aliphatic heterocycles. The molecule has 0 bridgehead atoms. The van der Waals surface area contributed by atoms with E-state index < -0.39 is 5.60 Å². The molecule has 23 heavy (non-hydrogen) atoms. The second-order valence-electron chi connectivity index (χ2n) is 6.65. The van der Waals surface area contributed by atoms with E-state index in [4.69, 9.17) is 0 Å². The van der Waals surface area contributed by atoms with E-state index in [2.05, 4.69) is 5.32 Å². The second kappa shape index (κ2) is 7.13. The molecule has 5 nitrogen and oxygen atoms in total. The zero-order valence-corrected chi connectivity index (χ0v) is 14.1. The SMILES string of the molecule is CCCNC(=O)c1cccc(C(=O)N2CCCC2C(C)(C)O)c1. The third-order valence-corrected chi connectivity index (χ3v) is 4.24. The van der Waals surface area contributed by atoms with Crippen molar-refractivity contribution in [1.82, 2.24) is 10.2 Å². The van der Waals surface area contributed by atoms with Gasteiger partial charge in [0.1, 0.15) is 0 Å². The minimum atomic E-state index is -0.928. The molecule has 0 spiro atoms. The van der Waals surface area contributed by atoms with Crippen LogP contribution in [0.4, 0.5) is 0 Å². The Morgan fingerprint density at radius 3 is 2.70 bits per heavy atom. The maximum Gasteiger partial charge on any atom is 0.254 e. The largest absolute Gasteiger partial charge is 0.388 e. The Kier molecular flexibility index (Phi) is 5.42. The Morgan fingerprint density at radius 1 is 1.35 bits per heavy atom. The van der Waals surface area contributed by atoms with Gasteiger partial charge in [-0.25, -0.2) is 0 Å². The van der Waals surface area contributed by atoms with Crippen LogP contribution in [0.2, 0.25) is 0 Å². The molecule has 0 radical (unpaired) electrons. The summed E-state index contributed by atoms with van der Waals surface area (Å²) in [6.45, 7) is 6.71. The monoisotopic (exact) mass is 318 g/mol. The van der Waals surface area contributed by atoms with E-state index in [1.54, 1.807) is 43.0 Å². The van der Waals surface area contributed by atoms with E-state index in [1.165, 1.54) is 0 Å². The van der Waals surface area contributed by atoms with E-state index in [0.29, 0.717) is 24.2 Å². The van der Waals surface area contributed by atoms with Gasteiger partial charge < -0.3 is 15.3 Å².